The zero-order valence-corrected chi connectivity index (χ0v) is 8.77. The second-order valence-electron chi connectivity index (χ2n) is 4.01. The summed E-state index contributed by atoms with van der Waals surface area (Å²) in [6.07, 6.45) is 6.22. The van der Waals surface area contributed by atoms with Gasteiger partial charge in [-0.25, -0.2) is 0 Å². The Hall–Kier alpha value is -0.370. The Labute approximate surface area is 80.7 Å². The molecule has 1 saturated carbocycles. The van der Waals surface area contributed by atoms with Gasteiger partial charge in [0.25, 0.3) is 0 Å². The smallest absolute Gasteiger partial charge is 0.138 e. The van der Waals surface area contributed by atoms with E-state index in [1.807, 2.05) is 6.92 Å². The number of Topliss-reactive ketones (excluding diaryl/α,β-unsaturated/α-hetero) is 1. The molecule has 1 aliphatic rings. The minimum atomic E-state index is -0.00917. The van der Waals surface area contributed by atoms with Gasteiger partial charge in [0.1, 0.15) is 5.78 Å². The van der Waals surface area contributed by atoms with Gasteiger partial charge in [-0.15, -0.1) is 0 Å². The molecule has 0 aromatic heterocycles. The Bertz CT molecular complexity index is 169. The highest BCUT2D eigenvalue weighted by molar-refractivity contribution is 5.84. The van der Waals surface area contributed by atoms with E-state index in [1.54, 1.807) is 7.11 Å². The molecule has 76 valence electrons. The van der Waals surface area contributed by atoms with Crippen molar-refractivity contribution in [2.45, 2.75) is 45.4 Å². The molecular weight excluding hydrogens is 164 g/mol. The normalized spacial score (nSPS) is 20.5. The predicted molar refractivity (Wildman–Crippen MR) is 52.7 cm³/mol. The molecule has 0 aromatic rings. The Kier molecular flexibility index (Phi) is 3.91. The summed E-state index contributed by atoms with van der Waals surface area (Å²) in [5, 5.41) is 0. The lowest BCUT2D eigenvalue weighted by atomic mass is 9.78. The van der Waals surface area contributed by atoms with Crippen molar-refractivity contribution in [3.63, 3.8) is 0 Å². The Balaban J connectivity index is 2.57. The first-order valence-corrected chi connectivity index (χ1v) is 5.27. The minimum absolute atomic E-state index is 0.00917. The molecule has 0 unspecified atom stereocenters. The van der Waals surface area contributed by atoms with E-state index in [0.29, 0.717) is 12.2 Å². The van der Waals surface area contributed by atoms with Crippen molar-refractivity contribution in [2.24, 2.45) is 5.41 Å². The van der Waals surface area contributed by atoms with Crippen molar-refractivity contribution in [2.75, 3.05) is 13.7 Å². The van der Waals surface area contributed by atoms with Crippen LogP contribution < -0.4 is 0 Å². The van der Waals surface area contributed by atoms with Gasteiger partial charge in [-0.2, -0.15) is 0 Å². The van der Waals surface area contributed by atoms with Crippen LogP contribution in [-0.2, 0) is 9.53 Å². The van der Waals surface area contributed by atoms with Crippen LogP contribution in [0.25, 0.3) is 0 Å². The van der Waals surface area contributed by atoms with Crippen molar-refractivity contribution in [3.05, 3.63) is 0 Å². The average Bonchev–Trinajstić information content (AvgIpc) is 2.63. The fourth-order valence-electron chi connectivity index (χ4n) is 2.39. The molecule has 0 aliphatic heterocycles. The van der Waals surface area contributed by atoms with Crippen LogP contribution in [0.2, 0.25) is 0 Å². The lowest BCUT2D eigenvalue weighted by Crippen LogP contribution is -2.28. The summed E-state index contributed by atoms with van der Waals surface area (Å²) in [6, 6.07) is 0. The largest absolute Gasteiger partial charge is 0.385 e. The number of ether oxygens (including phenoxy) is 1. The molecule has 0 radical (unpaired) electrons. The van der Waals surface area contributed by atoms with Gasteiger partial charge < -0.3 is 4.74 Å². The van der Waals surface area contributed by atoms with Gasteiger partial charge in [-0.3, -0.25) is 4.79 Å². The van der Waals surface area contributed by atoms with E-state index >= 15 is 0 Å². The van der Waals surface area contributed by atoms with Crippen LogP contribution in [0.3, 0.4) is 0 Å². The van der Waals surface area contributed by atoms with Gasteiger partial charge in [0.15, 0.2) is 0 Å². The lowest BCUT2D eigenvalue weighted by Gasteiger charge is -2.26. The number of hydrogen-bond donors (Lipinski definition) is 0. The van der Waals surface area contributed by atoms with Crippen LogP contribution in [0, 0.1) is 5.41 Å². The number of ketones is 1. The highest BCUT2D eigenvalue weighted by Gasteiger charge is 2.38. The SMILES string of the molecule is CCC(=O)C1(CCOC)CCCC1. The topological polar surface area (TPSA) is 26.3 Å². The molecule has 1 rings (SSSR count). The highest BCUT2D eigenvalue weighted by atomic mass is 16.5. The van der Waals surface area contributed by atoms with E-state index in [-0.39, 0.29) is 5.41 Å². The second-order valence-corrected chi connectivity index (χ2v) is 4.01. The molecule has 0 N–H and O–H groups in total. The predicted octanol–water partition coefficient (Wildman–Crippen LogP) is 2.56. The van der Waals surface area contributed by atoms with Crippen molar-refractivity contribution in [1.29, 1.82) is 0 Å². The highest BCUT2D eigenvalue weighted by Crippen LogP contribution is 2.42. The van der Waals surface area contributed by atoms with Crippen molar-refractivity contribution >= 4 is 5.78 Å². The third-order valence-corrected chi connectivity index (χ3v) is 3.26. The fraction of sp³-hybridized carbons (Fsp3) is 0.909. The van der Waals surface area contributed by atoms with Crippen molar-refractivity contribution < 1.29 is 9.53 Å². The monoisotopic (exact) mass is 184 g/mol. The van der Waals surface area contributed by atoms with Gasteiger partial charge in [-0.05, 0) is 19.3 Å². The number of carbonyl (C=O) groups excluding carboxylic acids is 1. The van der Waals surface area contributed by atoms with Crippen molar-refractivity contribution in [1.82, 2.24) is 0 Å². The number of hydrogen-bond acceptors (Lipinski definition) is 2. The maximum absolute atomic E-state index is 11.8. The zero-order chi connectivity index (χ0) is 9.73. The Morgan fingerprint density at radius 2 is 2.00 bits per heavy atom. The molecule has 1 fully saturated rings. The number of carbonyl (C=O) groups is 1. The van der Waals surface area contributed by atoms with Crippen LogP contribution in [0.5, 0.6) is 0 Å². The maximum atomic E-state index is 11.8. The molecule has 0 aromatic carbocycles. The van der Waals surface area contributed by atoms with Crippen LogP contribution in [0.1, 0.15) is 45.4 Å². The van der Waals surface area contributed by atoms with Gasteiger partial charge in [-0.1, -0.05) is 19.8 Å². The van der Waals surface area contributed by atoms with E-state index in [2.05, 4.69) is 0 Å². The Morgan fingerprint density at radius 1 is 1.38 bits per heavy atom. The summed E-state index contributed by atoms with van der Waals surface area (Å²) in [5.74, 6) is 0.446. The van der Waals surface area contributed by atoms with Crippen LogP contribution in [0.15, 0.2) is 0 Å². The van der Waals surface area contributed by atoms with Crippen molar-refractivity contribution in [3.8, 4) is 0 Å². The first-order valence-electron chi connectivity index (χ1n) is 5.27. The summed E-state index contributed by atoms with van der Waals surface area (Å²) in [4.78, 5) is 11.8. The Morgan fingerprint density at radius 3 is 2.46 bits per heavy atom. The maximum Gasteiger partial charge on any atom is 0.138 e. The van der Waals surface area contributed by atoms with Crippen LogP contribution in [0.4, 0.5) is 0 Å². The van der Waals surface area contributed by atoms with E-state index in [1.165, 1.54) is 12.8 Å². The second kappa shape index (κ2) is 4.75. The molecule has 0 amide bonds. The summed E-state index contributed by atoms with van der Waals surface area (Å²) in [6.45, 7) is 2.70. The quantitative estimate of drug-likeness (QED) is 0.656. The molecule has 13 heavy (non-hydrogen) atoms. The molecule has 0 saturated heterocycles. The van der Waals surface area contributed by atoms with Gasteiger partial charge in [0, 0.05) is 25.6 Å². The minimum Gasteiger partial charge on any atom is -0.385 e. The standard InChI is InChI=1S/C11H20O2/c1-3-10(12)11(8-9-13-2)6-4-5-7-11/h3-9H2,1-2H3. The summed E-state index contributed by atoms with van der Waals surface area (Å²) in [5.41, 5.74) is -0.00917. The lowest BCUT2D eigenvalue weighted by molar-refractivity contribution is -0.129. The summed E-state index contributed by atoms with van der Waals surface area (Å²) in [7, 11) is 1.71. The third kappa shape index (κ3) is 2.31. The average molecular weight is 184 g/mol. The van der Waals surface area contributed by atoms with E-state index < -0.39 is 0 Å². The molecule has 2 heteroatoms. The molecular formula is C11H20O2. The van der Waals surface area contributed by atoms with Gasteiger partial charge >= 0.3 is 0 Å². The molecule has 2 nitrogen and oxygen atoms in total. The number of rotatable bonds is 5. The summed E-state index contributed by atoms with van der Waals surface area (Å²) < 4.78 is 5.07. The third-order valence-electron chi connectivity index (χ3n) is 3.26. The molecule has 1 aliphatic carbocycles. The number of methoxy groups -OCH3 is 1. The summed E-state index contributed by atoms with van der Waals surface area (Å²) >= 11 is 0. The first kappa shape index (κ1) is 10.7. The molecule has 0 heterocycles. The molecule has 0 bridgehead atoms. The first-order chi connectivity index (χ1) is 6.25. The van der Waals surface area contributed by atoms with Gasteiger partial charge in [0.05, 0.1) is 0 Å². The zero-order valence-electron chi connectivity index (χ0n) is 8.77. The fourth-order valence-corrected chi connectivity index (χ4v) is 2.39. The van der Waals surface area contributed by atoms with E-state index in [0.717, 1.165) is 25.9 Å². The molecule has 0 spiro atoms. The van der Waals surface area contributed by atoms with Crippen LogP contribution >= 0.6 is 0 Å². The van der Waals surface area contributed by atoms with E-state index in [9.17, 15) is 4.79 Å². The van der Waals surface area contributed by atoms with Gasteiger partial charge in [0.2, 0.25) is 0 Å². The van der Waals surface area contributed by atoms with E-state index in [4.69, 9.17) is 4.74 Å². The molecule has 0 atom stereocenters. The van der Waals surface area contributed by atoms with Crippen LogP contribution in [-0.4, -0.2) is 19.5 Å².